The smallest absolute Gasteiger partial charge is 0.0302 e. The van der Waals surface area contributed by atoms with Gasteiger partial charge in [0.2, 0.25) is 0 Å². The summed E-state index contributed by atoms with van der Waals surface area (Å²) < 4.78 is 0. The van der Waals surface area contributed by atoms with Gasteiger partial charge in [-0.3, -0.25) is 0 Å². The highest BCUT2D eigenvalue weighted by atomic mass is 32.2. The molecule has 1 atom stereocenters. The maximum atomic E-state index is 3.57. The van der Waals surface area contributed by atoms with Crippen LogP contribution in [0.15, 0.2) is 12.1 Å². The Morgan fingerprint density at radius 1 is 1.47 bits per heavy atom. The number of hydrogen-bond donors (Lipinski definition) is 1. The second-order valence-electron chi connectivity index (χ2n) is 3.78. The van der Waals surface area contributed by atoms with Gasteiger partial charge in [-0.25, -0.2) is 0 Å². The van der Waals surface area contributed by atoms with E-state index in [0.29, 0.717) is 6.04 Å². The molecule has 3 heteroatoms. The summed E-state index contributed by atoms with van der Waals surface area (Å²) in [5, 5.41) is 3.57. The van der Waals surface area contributed by atoms with E-state index in [1.807, 2.05) is 23.1 Å². The topological polar surface area (TPSA) is 12.0 Å². The first kappa shape index (κ1) is 13.1. The summed E-state index contributed by atoms with van der Waals surface area (Å²) in [5.74, 6) is 2.50. The van der Waals surface area contributed by atoms with E-state index in [2.05, 4.69) is 38.2 Å². The third-order valence-corrected chi connectivity index (χ3v) is 4.25. The van der Waals surface area contributed by atoms with Crippen molar-refractivity contribution in [2.24, 2.45) is 0 Å². The van der Waals surface area contributed by atoms with Gasteiger partial charge in [0.25, 0.3) is 0 Å². The monoisotopic (exact) mass is 243 g/mol. The van der Waals surface area contributed by atoms with Gasteiger partial charge in [-0.15, -0.1) is 11.3 Å². The van der Waals surface area contributed by atoms with Crippen LogP contribution in [0.25, 0.3) is 0 Å². The van der Waals surface area contributed by atoms with Crippen LogP contribution in [-0.2, 0) is 6.54 Å². The van der Waals surface area contributed by atoms with Crippen molar-refractivity contribution in [3.05, 3.63) is 21.9 Å². The average Bonchev–Trinajstić information content (AvgIpc) is 2.62. The van der Waals surface area contributed by atoms with Gasteiger partial charge in [-0.05, 0) is 43.9 Å². The van der Waals surface area contributed by atoms with E-state index in [-0.39, 0.29) is 0 Å². The minimum absolute atomic E-state index is 0.631. The van der Waals surface area contributed by atoms with E-state index in [0.717, 1.165) is 6.54 Å². The fourth-order valence-electron chi connectivity index (χ4n) is 1.36. The van der Waals surface area contributed by atoms with E-state index in [1.165, 1.54) is 27.7 Å². The van der Waals surface area contributed by atoms with E-state index >= 15 is 0 Å². The SMILES string of the molecule is CCSCCC(C)NCc1ccc(C)s1. The van der Waals surface area contributed by atoms with Crippen molar-refractivity contribution in [3.63, 3.8) is 0 Å². The highest BCUT2D eigenvalue weighted by Crippen LogP contribution is 2.15. The van der Waals surface area contributed by atoms with Crippen LogP contribution in [0, 0.1) is 6.92 Å². The summed E-state index contributed by atoms with van der Waals surface area (Å²) in [5.41, 5.74) is 0. The highest BCUT2D eigenvalue weighted by Gasteiger charge is 2.02. The van der Waals surface area contributed by atoms with Gasteiger partial charge in [0, 0.05) is 22.3 Å². The summed E-state index contributed by atoms with van der Waals surface area (Å²) in [4.78, 5) is 2.85. The minimum Gasteiger partial charge on any atom is -0.309 e. The van der Waals surface area contributed by atoms with Crippen molar-refractivity contribution in [2.75, 3.05) is 11.5 Å². The zero-order valence-corrected chi connectivity index (χ0v) is 11.5. The molecule has 0 saturated heterocycles. The highest BCUT2D eigenvalue weighted by molar-refractivity contribution is 7.99. The summed E-state index contributed by atoms with van der Waals surface area (Å²) in [6, 6.07) is 5.05. The van der Waals surface area contributed by atoms with Crippen molar-refractivity contribution in [2.45, 2.75) is 39.8 Å². The predicted molar refractivity (Wildman–Crippen MR) is 73.0 cm³/mol. The first-order valence-corrected chi connectivity index (χ1v) is 7.56. The van der Waals surface area contributed by atoms with Crippen molar-refractivity contribution < 1.29 is 0 Å². The molecular formula is C12H21NS2. The molecule has 0 bridgehead atoms. The lowest BCUT2D eigenvalue weighted by Gasteiger charge is -2.12. The average molecular weight is 243 g/mol. The van der Waals surface area contributed by atoms with Gasteiger partial charge >= 0.3 is 0 Å². The van der Waals surface area contributed by atoms with E-state index < -0.39 is 0 Å². The lowest BCUT2D eigenvalue weighted by Crippen LogP contribution is -2.25. The van der Waals surface area contributed by atoms with Gasteiger partial charge in [0.15, 0.2) is 0 Å². The van der Waals surface area contributed by atoms with Gasteiger partial charge in [0.05, 0.1) is 0 Å². The molecule has 0 aromatic carbocycles. The van der Waals surface area contributed by atoms with Crippen molar-refractivity contribution >= 4 is 23.1 Å². The number of hydrogen-bond acceptors (Lipinski definition) is 3. The predicted octanol–water partition coefficient (Wildman–Crippen LogP) is 3.68. The normalized spacial score (nSPS) is 13.0. The lowest BCUT2D eigenvalue weighted by atomic mass is 10.2. The fourth-order valence-corrected chi connectivity index (χ4v) is 3.01. The third kappa shape index (κ3) is 5.59. The number of thiophene rings is 1. The Labute approximate surface area is 102 Å². The molecular weight excluding hydrogens is 222 g/mol. The van der Waals surface area contributed by atoms with Gasteiger partial charge in [-0.1, -0.05) is 6.92 Å². The standard InChI is InChI=1S/C12H21NS2/c1-4-14-8-7-10(2)13-9-12-6-5-11(3)15-12/h5-6,10,13H,4,7-9H2,1-3H3. The Bertz CT molecular complexity index is 270. The second-order valence-corrected chi connectivity index (χ2v) is 6.55. The van der Waals surface area contributed by atoms with Crippen molar-refractivity contribution in [3.8, 4) is 0 Å². The molecule has 0 saturated carbocycles. The molecule has 1 unspecified atom stereocenters. The number of aryl methyl sites for hydroxylation is 1. The van der Waals surface area contributed by atoms with E-state index in [9.17, 15) is 0 Å². The molecule has 1 aromatic rings. The van der Waals surface area contributed by atoms with Crippen LogP contribution in [0.4, 0.5) is 0 Å². The maximum absolute atomic E-state index is 3.57. The van der Waals surface area contributed by atoms with Crippen LogP contribution in [0.1, 0.15) is 30.0 Å². The van der Waals surface area contributed by atoms with Crippen LogP contribution >= 0.6 is 23.1 Å². The number of rotatable bonds is 7. The molecule has 86 valence electrons. The first-order chi connectivity index (χ1) is 7.22. The Balaban J connectivity index is 2.13. The molecule has 0 aliphatic carbocycles. The molecule has 0 spiro atoms. The summed E-state index contributed by atoms with van der Waals surface area (Å²) in [6.45, 7) is 7.68. The Morgan fingerprint density at radius 3 is 2.87 bits per heavy atom. The fraction of sp³-hybridized carbons (Fsp3) is 0.667. The zero-order valence-electron chi connectivity index (χ0n) is 9.88. The van der Waals surface area contributed by atoms with Crippen LogP contribution < -0.4 is 5.32 Å². The Kier molecular flexibility index (Phi) is 6.37. The van der Waals surface area contributed by atoms with Gasteiger partial charge in [-0.2, -0.15) is 11.8 Å². The third-order valence-electron chi connectivity index (χ3n) is 2.32. The largest absolute Gasteiger partial charge is 0.309 e. The molecule has 1 N–H and O–H groups in total. The van der Waals surface area contributed by atoms with Crippen LogP contribution in [0.2, 0.25) is 0 Å². The van der Waals surface area contributed by atoms with Crippen molar-refractivity contribution in [1.29, 1.82) is 0 Å². The van der Waals surface area contributed by atoms with E-state index in [4.69, 9.17) is 0 Å². The van der Waals surface area contributed by atoms with E-state index in [1.54, 1.807) is 0 Å². The molecule has 0 fully saturated rings. The number of nitrogens with one attached hydrogen (secondary N) is 1. The quantitative estimate of drug-likeness (QED) is 0.733. The first-order valence-electron chi connectivity index (χ1n) is 5.58. The summed E-state index contributed by atoms with van der Waals surface area (Å²) in [6.07, 6.45) is 1.27. The molecule has 0 aliphatic rings. The Morgan fingerprint density at radius 2 is 2.27 bits per heavy atom. The lowest BCUT2D eigenvalue weighted by molar-refractivity contribution is 0.540. The van der Waals surface area contributed by atoms with Crippen LogP contribution in [-0.4, -0.2) is 17.5 Å². The summed E-state index contributed by atoms with van der Waals surface area (Å²) in [7, 11) is 0. The maximum Gasteiger partial charge on any atom is 0.0302 e. The van der Waals surface area contributed by atoms with Crippen LogP contribution in [0.3, 0.4) is 0 Å². The van der Waals surface area contributed by atoms with Crippen molar-refractivity contribution in [1.82, 2.24) is 5.32 Å². The second kappa shape index (κ2) is 7.31. The molecule has 1 aromatic heterocycles. The molecule has 0 radical (unpaired) electrons. The van der Waals surface area contributed by atoms with Gasteiger partial charge in [0.1, 0.15) is 0 Å². The molecule has 15 heavy (non-hydrogen) atoms. The minimum atomic E-state index is 0.631. The van der Waals surface area contributed by atoms with Crippen LogP contribution in [0.5, 0.6) is 0 Å². The number of thioether (sulfide) groups is 1. The molecule has 1 nitrogen and oxygen atoms in total. The zero-order chi connectivity index (χ0) is 11.1. The molecule has 0 amide bonds. The van der Waals surface area contributed by atoms with Gasteiger partial charge < -0.3 is 5.32 Å². The Hall–Kier alpha value is 0.01000. The summed E-state index contributed by atoms with van der Waals surface area (Å²) >= 11 is 3.92. The molecule has 0 aliphatic heterocycles. The molecule has 1 rings (SSSR count). The molecule has 1 heterocycles.